The third-order valence-corrected chi connectivity index (χ3v) is 2.22. The van der Waals surface area contributed by atoms with Crippen LogP contribution in [0.1, 0.15) is 5.69 Å². The molecule has 0 fully saturated rings. The maximum Gasteiger partial charge on any atom is 0.131 e. The first kappa shape index (κ1) is 9.93. The Balaban J connectivity index is 2.26. The molecule has 0 aliphatic rings. The van der Waals surface area contributed by atoms with Crippen molar-refractivity contribution in [1.29, 1.82) is 0 Å². The van der Waals surface area contributed by atoms with E-state index in [9.17, 15) is 0 Å². The largest absolute Gasteiger partial charge is 0.354 e. The predicted molar refractivity (Wildman–Crippen MR) is 61.5 cm³/mol. The molecule has 0 aliphatic carbocycles. The molecule has 0 unspecified atom stereocenters. The van der Waals surface area contributed by atoms with Crippen LogP contribution in [-0.2, 0) is 0 Å². The lowest BCUT2D eigenvalue weighted by Crippen LogP contribution is -1.94. The van der Waals surface area contributed by atoms with Gasteiger partial charge >= 0.3 is 0 Å². The first-order valence-corrected chi connectivity index (χ1v) is 4.94. The van der Waals surface area contributed by atoms with Crippen molar-refractivity contribution in [3.63, 3.8) is 0 Å². The number of nitrogens with one attached hydrogen (secondary N) is 1. The van der Waals surface area contributed by atoms with E-state index in [2.05, 4.69) is 15.3 Å². The number of aryl methyl sites for hydroxylation is 1. The van der Waals surface area contributed by atoms with Gasteiger partial charge in [0.1, 0.15) is 5.15 Å². The molecular formula is C11H10ClN3. The molecule has 0 radical (unpaired) electrons. The molecule has 0 atom stereocenters. The second kappa shape index (κ2) is 4.28. The second-order valence-corrected chi connectivity index (χ2v) is 3.52. The highest BCUT2D eigenvalue weighted by Crippen LogP contribution is 2.19. The maximum absolute atomic E-state index is 5.78. The number of aromatic nitrogens is 2. The van der Waals surface area contributed by atoms with Crippen LogP contribution in [0.15, 0.2) is 36.7 Å². The summed E-state index contributed by atoms with van der Waals surface area (Å²) in [4.78, 5) is 8.10. The van der Waals surface area contributed by atoms with Gasteiger partial charge in [-0.1, -0.05) is 11.6 Å². The van der Waals surface area contributed by atoms with Gasteiger partial charge in [0.25, 0.3) is 0 Å². The SMILES string of the molecule is Cc1ncccc1Nc1ccnc(Cl)c1. The van der Waals surface area contributed by atoms with E-state index in [-0.39, 0.29) is 0 Å². The van der Waals surface area contributed by atoms with Gasteiger partial charge in [0.05, 0.1) is 11.4 Å². The summed E-state index contributed by atoms with van der Waals surface area (Å²) in [5.41, 5.74) is 2.83. The van der Waals surface area contributed by atoms with Gasteiger partial charge in [-0.25, -0.2) is 4.98 Å². The van der Waals surface area contributed by atoms with Crippen molar-refractivity contribution in [3.05, 3.63) is 47.5 Å². The number of anilines is 2. The van der Waals surface area contributed by atoms with E-state index in [4.69, 9.17) is 11.6 Å². The van der Waals surface area contributed by atoms with Crippen LogP contribution < -0.4 is 5.32 Å². The van der Waals surface area contributed by atoms with Gasteiger partial charge in [0.15, 0.2) is 0 Å². The molecule has 2 aromatic heterocycles. The van der Waals surface area contributed by atoms with E-state index in [1.54, 1.807) is 18.5 Å². The summed E-state index contributed by atoms with van der Waals surface area (Å²) in [6, 6.07) is 7.49. The van der Waals surface area contributed by atoms with Crippen LogP contribution >= 0.6 is 11.6 Å². The number of hydrogen-bond donors (Lipinski definition) is 1. The van der Waals surface area contributed by atoms with Crippen molar-refractivity contribution >= 4 is 23.0 Å². The number of rotatable bonds is 2. The van der Waals surface area contributed by atoms with Crippen LogP contribution in [0.2, 0.25) is 5.15 Å². The molecule has 1 N–H and O–H groups in total. The fraction of sp³-hybridized carbons (Fsp3) is 0.0909. The molecular weight excluding hydrogens is 210 g/mol. The molecule has 3 nitrogen and oxygen atoms in total. The van der Waals surface area contributed by atoms with E-state index < -0.39 is 0 Å². The van der Waals surface area contributed by atoms with Crippen molar-refractivity contribution in [1.82, 2.24) is 9.97 Å². The fourth-order valence-electron chi connectivity index (χ4n) is 1.25. The number of pyridine rings is 2. The summed E-state index contributed by atoms with van der Waals surface area (Å²) in [5.74, 6) is 0. The molecule has 0 aliphatic heterocycles. The molecule has 76 valence electrons. The topological polar surface area (TPSA) is 37.8 Å². The summed E-state index contributed by atoms with van der Waals surface area (Å²) in [6.07, 6.45) is 3.43. The molecule has 0 bridgehead atoms. The summed E-state index contributed by atoms with van der Waals surface area (Å²) in [6.45, 7) is 1.95. The molecule has 2 heterocycles. The van der Waals surface area contributed by atoms with Crippen LogP contribution in [0.3, 0.4) is 0 Å². The lowest BCUT2D eigenvalue weighted by molar-refractivity contribution is 1.20. The van der Waals surface area contributed by atoms with Crippen LogP contribution in [0.25, 0.3) is 0 Å². The molecule has 0 saturated heterocycles. The summed E-state index contributed by atoms with van der Waals surface area (Å²) < 4.78 is 0. The molecule has 0 aromatic carbocycles. The van der Waals surface area contributed by atoms with Crippen LogP contribution in [-0.4, -0.2) is 9.97 Å². The highest BCUT2D eigenvalue weighted by molar-refractivity contribution is 6.29. The Kier molecular flexibility index (Phi) is 2.83. The Morgan fingerprint density at radius 1 is 1.20 bits per heavy atom. The predicted octanol–water partition coefficient (Wildman–Crippen LogP) is 3.18. The average molecular weight is 220 g/mol. The lowest BCUT2D eigenvalue weighted by atomic mass is 10.3. The average Bonchev–Trinajstić information content (AvgIpc) is 2.22. The minimum atomic E-state index is 0.474. The van der Waals surface area contributed by atoms with Gasteiger partial charge in [-0.05, 0) is 31.2 Å². The van der Waals surface area contributed by atoms with E-state index in [1.807, 2.05) is 25.1 Å². The third kappa shape index (κ3) is 2.44. The van der Waals surface area contributed by atoms with Crippen LogP contribution in [0, 0.1) is 6.92 Å². The smallest absolute Gasteiger partial charge is 0.131 e. The van der Waals surface area contributed by atoms with Gasteiger partial charge < -0.3 is 5.32 Å². The Hall–Kier alpha value is -1.61. The Morgan fingerprint density at radius 3 is 2.80 bits per heavy atom. The van der Waals surface area contributed by atoms with Crippen molar-refractivity contribution in [2.75, 3.05) is 5.32 Å². The van der Waals surface area contributed by atoms with Gasteiger partial charge in [-0.2, -0.15) is 0 Å². The van der Waals surface area contributed by atoms with E-state index in [0.717, 1.165) is 17.1 Å². The van der Waals surface area contributed by atoms with Crippen LogP contribution in [0.5, 0.6) is 0 Å². The van der Waals surface area contributed by atoms with E-state index >= 15 is 0 Å². The Labute approximate surface area is 93.1 Å². The van der Waals surface area contributed by atoms with Gasteiger partial charge in [-0.15, -0.1) is 0 Å². The molecule has 4 heteroatoms. The number of hydrogen-bond acceptors (Lipinski definition) is 3. The molecule has 0 spiro atoms. The molecule has 2 aromatic rings. The summed E-state index contributed by atoms with van der Waals surface area (Å²) in [7, 11) is 0. The fourth-order valence-corrected chi connectivity index (χ4v) is 1.43. The van der Waals surface area contributed by atoms with Gasteiger partial charge in [-0.3, -0.25) is 4.98 Å². The van der Waals surface area contributed by atoms with Crippen molar-refractivity contribution < 1.29 is 0 Å². The molecule has 2 rings (SSSR count). The standard InChI is InChI=1S/C11H10ClN3/c1-8-10(3-2-5-13-8)15-9-4-6-14-11(12)7-9/h2-7H,1H3,(H,14,15). The Morgan fingerprint density at radius 2 is 2.07 bits per heavy atom. The third-order valence-electron chi connectivity index (χ3n) is 2.01. The number of halogens is 1. The summed E-state index contributed by atoms with van der Waals surface area (Å²) >= 11 is 5.78. The van der Waals surface area contributed by atoms with Crippen LogP contribution in [0.4, 0.5) is 11.4 Å². The van der Waals surface area contributed by atoms with Crippen molar-refractivity contribution in [2.45, 2.75) is 6.92 Å². The van der Waals surface area contributed by atoms with Gasteiger partial charge in [0.2, 0.25) is 0 Å². The first-order valence-electron chi connectivity index (χ1n) is 4.56. The minimum absolute atomic E-state index is 0.474. The monoisotopic (exact) mass is 219 g/mol. The molecule has 0 amide bonds. The zero-order chi connectivity index (χ0) is 10.7. The Bertz CT molecular complexity index is 471. The van der Waals surface area contributed by atoms with Crippen molar-refractivity contribution in [2.24, 2.45) is 0 Å². The quantitative estimate of drug-likeness (QED) is 0.789. The van der Waals surface area contributed by atoms with Crippen molar-refractivity contribution in [3.8, 4) is 0 Å². The molecule has 0 saturated carbocycles. The highest BCUT2D eigenvalue weighted by atomic mass is 35.5. The molecule has 15 heavy (non-hydrogen) atoms. The summed E-state index contributed by atoms with van der Waals surface area (Å²) in [5, 5.41) is 3.70. The lowest BCUT2D eigenvalue weighted by Gasteiger charge is -2.07. The first-order chi connectivity index (χ1) is 7.25. The van der Waals surface area contributed by atoms with Gasteiger partial charge in [0, 0.05) is 18.1 Å². The zero-order valence-corrected chi connectivity index (χ0v) is 8.99. The maximum atomic E-state index is 5.78. The highest BCUT2D eigenvalue weighted by Gasteiger charge is 1.99. The van der Waals surface area contributed by atoms with E-state index in [1.165, 1.54) is 0 Å². The zero-order valence-electron chi connectivity index (χ0n) is 8.24. The van der Waals surface area contributed by atoms with E-state index in [0.29, 0.717) is 5.15 Å². The minimum Gasteiger partial charge on any atom is -0.354 e. The number of nitrogens with zero attached hydrogens (tertiary/aromatic N) is 2. The normalized spacial score (nSPS) is 10.0. The second-order valence-electron chi connectivity index (χ2n) is 3.13.